The van der Waals surface area contributed by atoms with Crippen molar-refractivity contribution in [2.45, 2.75) is 44.6 Å². The van der Waals surface area contributed by atoms with Crippen molar-refractivity contribution in [1.82, 2.24) is 15.3 Å². The van der Waals surface area contributed by atoms with Crippen molar-refractivity contribution in [3.8, 4) is 5.75 Å². The Labute approximate surface area is 154 Å². The summed E-state index contributed by atoms with van der Waals surface area (Å²) in [6, 6.07) is 10.0. The second kappa shape index (κ2) is 9.17. The van der Waals surface area contributed by atoms with Crippen molar-refractivity contribution in [3.63, 3.8) is 0 Å². The van der Waals surface area contributed by atoms with Gasteiger partial charge >= 0.3 is 0 Å². The van der Waals surface area contributed by atoms with Crippen LogP contribution in [-0.4, -0.2) is 35.6 Å². The molecule has 6 heteroatoms. The second-order valence-electron chi connectivity index (χ2n) is 6.62. The zero-order valence-corrected chi connectivity index (χ0v) is 15.2. The molecular formula is C20H26N4O2. The molecule has 1 heterocycles. The first-order valence-electron chi connectivity index (χ1n) is 9.24. The van der Waals surface area contributed by atoms with E-state index >= 15 is 0 Å². The number of amides is 1. The van der Waals surface area contributed by atoms with Gasteiger partial charge in [-0.2, -0.15) is 0 Å². The van der Waals surface area contributed by atoms with E-state index in [1.165, 1.54) is 25.6 Å². The highest BCUT2D eigenvalue weighted by Gasteiger charge is 2.15. The lowest BCUT2D eigenvalue weighted by molar-refractivity contribution is 0.0949. The normalized spacial score (nSPS) is 14.7. The van der Waals surface area contributed by atoms with Gasteiger partial charge < -0.3 is 15.4 Å². The van der Waals surface area contributed by atoms with Crippen LogP contribution in [0, 0.1) is 0 Å². The molecular weight excluding hydrogens is 328 g/mol. The van der Waals surface area contributed by atoms with Crippen molar-refractivity contribution >= 4 is 11.7 Å². The van der Waals surface area contributed by atoms with E-state index in [1.54, 1.807) is 13.2 Å². The first-order chi connectivity index (χ1) is 12.7. The van der Waals surface area contributed by atoms with Gasteiger partial charge in [0.05, 0.1) is 7.11 Å². The van der Waals surface area contributed by atoms with Crippen LogP contribution < -0.4 is 15.4 Å². The predicted octanol–water partition coefficient (Wildman–Crippen LogP) is 3.20. The van der Waals surface area contributed by atoms with Crippen LogP contribution in [0.15, 0.2) is 36.7 Å². The number of rotatable bonds is 7. The van der Waals surface area contributed by atoms with Gasteiger partial charge in [0.1, 0.15) is 23.6 Å². The van der Waals surface area contributed by atoms with Gasteiger partial charge in [-0.15, -0.1) is 0 Å². The highest BCUT2D eigenvalue weighted by molar-refractivity contribution is 5.92. The van der Waals surface area contributed by atoms with Gasteiger partial charge in [-0.1, -0.05) is 31.4 Å². The minimum atomic E-state index is -0.174. The molecule has 0 saturated heterocycles. The number of anilines is 1. The Bertz CT molecular complexity index is 712. The van der Waals surface area contributed by atoms with Crippen LogP contribution in [0.2, 0.25) is 0 Å². The van der Waals surface area contributed by atoms with E-state index < -0.39 is 0 Å². The lowest BCUT2D eigenvalue weighted by Gasteiger charge is -2.23. The highest BCUT2D eigenvalue weighted by Crippen LogP contribution is 2.20. The molecule has 1 aromatic carbocycles. The number of nitrogens with one attached hydrogen (secondary N) is 2. The topological polar surface area (TPSA) is 76.1 Å². The predicted molar refractivity (Wildman–Crippen MR) is 102 cm³/mol. The lowest BCUT2D eigenvalue weighted by Crippen LogP contribution is -2.27. The van der Waals surface area contributed by atoms with Gasteiger partial charge in [0.2, 0.25) is 0 Å². The molecule has 138 valence electrons. The van der Waals surface area contributed by atoms with E-state index in [0.29, 0.717) is 18.3 Å². The van der Waals surface area contributed by atoms with Gasteiger partial charge in [0.25, 0.3) is 5.91 Å². The molecule has 0 atom stereocenters. The van der Waals surface area contributed by atoms with Crippen LogP contribution in [-0.2, 0) is 6.42 Å². The van der Waals surface area contributed by atoms with Crippen LogP contribution in [0.4, 0.5) is 5.82 Å². The minimum absolute atomic E-state index is 0.174. The van der Waals surface area contributed by atoms with Crippen molar-refractivity contribution in [2.75, 3.05) is 19.0 Å². The second-order valence-corrected chi connectivity index (χ2v) is 6.62. The Kier molecular flexibility index (Phi) is 6.41. The summed E-state index contributed by atoms with van der Waals surface area (Å²) in [5.41, 5.74) is 1.54. The smallest absolute Gasteiger partial charge is 0.270 e. The van der Waals surface area contributed by atoms with Crippen LogP contribution in [0.3, 0.4) is 0 Å². The Hall–Kier alpha value is -2.63. The molecule has 1 fully saturated rings. The van der Waals surface area contributed by atoms with Gasteiger partial charge in [0, 0.05) is 18.7 Å². The van der Waals surface area contributed by atoms with E-state index in [9.17, 15) is 4.79 Å². The maximum absolute atomic E-state index is 12.3. The third-order valence-electron chi connectivity index (χ3n) is 4.72. The summed E-state index contributed by atoms with van der Waals surface area (Å²) in [5.74, 6) is 1.39. The fourth-order valence-electron chi connectivity index (χ4n) is 3.22. The molecule has 26 heavy (non-hydrogen) atoms. The van der Waals surface area contributed by atoms with Gasteiger partial charge in [0.15, 0.2) is 0 Å². The standard InChI is InChI=1S/C20H26N4O2/c1-26-17-9-7-15(8-10-17)11-12-21-20(25)18-13-19(23-14-22-18)24-16-5-3-2-4-6-16/h7-10,13-14,16H,2-6,11-12H2,1H3,(H,21,25)(H,22,23,24). The summed E-state index contributed by atoms with van der Waals surface area (Å²) in [6.07, 6.45) is 8.34. The Morgan fingerprint density at radius 1 is 1.15 bits per heavy atom. The van der Waals surface area contributed by atoms with Crippen molar-refractivity contribution in [1.29, 1.82) is 0 Å². The maximum atomic E-state index is 12.3. The first-order valence-corrected chi connectivity index (χ1v) is 9.24. The average Bonchev–Trinajstić information content (AvgIpc) is 2.69. The zero-order chi connectivity index (χ0) is 18.2. The summed E-state index contributed by atoms with van der Waals surface area (Å²) in [5, 5.41) is 6.34. The van der Waals surface area contributed by atoms with Crippen LogP contribution in [0.25, 0.3) is 0 Å². The molecule has 0 unspecified atom stereocenters. The fraction of sp³-hybridized carbons (Fsp3) is 0.450. The highest BCUT2D eigenvalue weighted by atomic mass is 16.5. The summed E-state index contributed by atoms with van der Waals surface area (Å²) in [4.78, 5) is 20.7. The van der Waals surface area contributed by atoms with Crippen molar-refractivity contribution in [2.24, 2.45) is 0 Å². The largest absolute Gasteiger partial charge is 0.497 e. The van der Waals surface area contributed by atoms with Crippen molar-refractivity contribution in [3.05, 3.63) is 47.9 Å². The summed E-state index contributed by atoms with van der Waals surface area (Å²) >= 11 is 0. The monoisotopic (exact) mass is 354 g/mol. The molecule has 0 radical (unpaired) electrons. The molecule has 1 saturated carbocycles. The molecule has 1 amide bonds. The van der Waals surface area contributed by atoms with E-state index in [-0.39, 0.29) is 5.91 Å². The number of hydrogen-bond donors (Lipinski definition) is 2. The van der Waals surface area contributed by atoms with Crippen LogP contribution in [0.5, 0.6) is 5.75 Å². The van der Waals surface area contributed by atoms with E-state index in [0.717, 1.165) is 36.4 Å². The van der Waals surface area contributed by atoms with Crippen LogP contribution >= 0.6 is 0 Å². The number of ether oxygens (including phenoxy) is 1. The summed E-state index contributed by atoms with van der Waals surface area (Å²) < 4.78 is 5.15. The molecule has 0 spiro atoms. The Balaban J connectivity index is 1.49. The van der Waals surface area contributed by atoms with E-state index in [4.69, 9.17) is 4.74 Å². The molecule has 2 aromatic rings. The molecule has 1 aromatic heterocycles. The summed E-state index contributed by atoms with van der Waals surface area (Å²) in [6.45, 7) is 0.556. The molecule has 2 N–H and O–H groups in total. The SMILES string of the molecule is COc1ccc(CCNC(=O)c2cc(NC3CCCCC3)ncn2)cc1. The number of methoxy groups -OCH3 is 1. The van der Waals surface area contributed by atoms with Gasteiger partial charge in [-0.25, -0.2) is 9.97 Å². The zero-order valence-electron chi connectivity index (χ0n) is 15.2. The molecule has 6 nitrogen and oxygen atoms in total. The molecule has 0 aliphatic heterocycles. The Morgan fingerprint density at radius 3 is 2.65 bits per heavy atom. The minimum Gasteiger partial charge on any atom is -0.497 e. The average molecular weight is 354 g/mol. The Morgan fingerprint density at radius 2 is 1.92 bits per heavy atom. The van der Waals surface area contributed by atoms with Gasteiger partial charge in [-0.05, 0) is 37.0 Å². The van der Waals surface area contributed by atoms with Crippen molar-refractivity contribution < 1.29 is 9.53 Å². The quantitative estimate of drug-likeness (QED) is 0.798. The number of nitrogens with zero attached hydrogens (tertiary/aromatic N) is 2. The first kappa shape index (κ1) is 18.2. The molecule has 1 aliphatic carbocycles. The molecule has 0 bridgehead atoms. The molecule has 3 rings (SSSR count). The van der Waals surface area contributed by atoms with E-state index in [2.05, 4.69) is 20.6 Å². The van der Waals surface area contributed by atoms with E-state index in [1.807, 2.05) is 24.3 Å². The third kappa shape index (κ3) is 5.18. The number of carbonyl (C=O) groups is 1. The van der Waals surface area contributed by atoms with Gasteiger partial charge in [-0.3, -0.25) is 4.79 Å². The number of aromatic nitrogens is 2. The lowest BCUT2D eigenvalue weighted by atomic mass is 9.95. The fourth-order valence-corrected chi connectivity index (χ4v) is 3.22. The summed E-state index contributed by atoms with van der Waals surface area (Å²) in [7, 11) is 1.65. The third-order valence-corrected chi connectivity index (χ3v) is 4.72. The molecule has 1 aliphatic rings. The number of benzene rings is 1. The number of hydrogen-bond acceptors (Lipinski definition) is 5. The number of carbonyl (C=O) groups excluding carboxylic acids is 1. The van der Waals surface area contributed by atoms with Crippen LogP contribution in [0.1, 0.15) is 48.2 Å². The maximum Gasteiger partial charge on any atom is 0.270 e.